The van der Waals surface area contributed by atoms with Gasteiger partial charge in [0.2, 0.25) is 16.3 Å². The van der Waals surface area contributed by atoms with Crippen molar-refractivity contribution in [1.82, 2.24) is 0 Å². The summed E-state index contributed by atoms with van der Waals surface area (Å²) in [5.41, 5.74) is 0. The van der Waals surface area contributed by atoms with Gasteiger partial charge in [-0.05, 0) is 5.92 Å². The summed E-state index contributed by atoms with van der Waals surface area (Å²) >= 11 is 1.38. The lowest BCUT2D eigenvalue weighted by Crippen LogP contribution is -1.96. The van der Waals surface area contributed by atoms with Crippen LogP contribution in [0.3, 0.4) is 0 Å². The quantitative estimate of drug-likeness (QED) is 0.527. The Morgan fingerprint density at radius 3 is 2.00 bits per heavy atom. The van der Waals surface area contributed by atoms with E-state index in [9.17, 15) is 0 Å². The van der Waals surface area contributed by atoms with Gasteiger partial charge in [0.15, 0.2) is 0 Å². The zero-order chi connectivity index (χ0) is 7.28. The van der Waals surface area contributed by atoms with Crippen LogP contribution in [0.1, 0.15) is 33.6 Å². The predicted molar refractivity (Wildman–Crippen MR) is 46.6 cm³/mol. The highest BCUT2D eigenvalue weighted by molar-refractivity contribution is 6.08. The van der Waals surface area contributed by atoms with Crippen molar-refractivity contribution >= 4 is 16.3 Å². The molecule has 54 valence electrons. The fourth-order valence-corrected chi connectivity index (χ4v) is 1.23. The van der Waals surface area contributed by atoms with E-state index in [-0.39, 0.29) is 0 Å². The van der Waals surface area contributed by atoms with Crippen LogP contribution >= 0.6 is 0 Å². The van der Waals surface area contributed by atoms with E-state index >= 15 is 0 Å². The molecule has 0 aromatic carbocycles. The van der Waals surface area contributed by atoms with Crippen LogP contribution in [0, 0.1) is 11.8 Å². The minimum atomic E-state index is 0.903. The summed E-state index contributed by atoms with van der Waals surface area (Å²) in [6.45, 7) is 6.98. The van der Waals surface area contributed by atoms with E-state index in [0.29, 0.717) is 0 Å². The lowest BCUT2D eigenvalue weighted by Gasteiger charge is -2.09. The second-order valence-corrected chi connectivity index (χ2v) is 4.30. The molecule has 0 aliphatic heterocycles. The van der Waals surface area contributed by atoms with Gasteiger partial charge in [0, 0.05) is 0 Å². The summed E-state index contributed by atoms with van der Waals surface area (Å²) in [6, 6.07) is 0. The Morgan fingerprint density at radius 1 is 1.11 bits per heavy atom. The third-order valence-electron chi connectivity index (χ3n) is 1.93. The molecule has 0 bridgehead atoms. The number of hydrogen-bond acceptors (Lipinski definition) is 0. The van der Waals surface area contributed by atoms with Crippen LogP contribution in [0.2, 0.25) is 5.28 Å². The first kappa shape index (κ1) is 9.53. The molecular formula is C8H19Al. The monoisotopic (exact) mass is 142 g/mol. The first-order valence-electron chi connectivity index (χ1n) is 4.16. The molecule has 0 aliphatic rings. The molecule has 1 unspecified atom stereocenters. The predicted octanol–water partition coefficient (Wildman–Crippen LogP) is 2.11. The maximum Gasteiger partial charge on any atom is 0.212 e. The van der Waals surface area contributed by atoms with Crippen LogP contribution in [0.4, 0.5) is 0 Å². The van der Waals surface area contributed by atoms with Crippen LogP contribution in [-0.2, 0) is 0 Å². The second-order valence-electron chi connectivity index (χ2n) is 3.48. The Morgan fingerprint density at radius 2 is 1.67 bits per heavy atom. The summed E-state index contributed by atoms with van der Waals surface area (Å²) in [4.78, 5) is 0. The van der Waals surface area contributed by atoms with Crippen molar-refractivity contribution in [2.24, 2.45) is 11.8 Å². The highest BCUT2D eigenvalue weighted by Gasteiger charge is 1.99. The van der Waals surface area contributed by atoms with Crippen LogP contribution < -0.4 is 0 Å². The smallest absolute Gasteiger partial charge is 0.0987 e. The average molecular weight is 142 g/mol. The molecule has 0 aliphatic carbocycles. The van der Waals surface area contributed by atoms with Gasteiger partial charge in [-0.3, -0.25) is 0 Å². The van der Waals surface area contributed by atoms with E-state index in [1.807, 2.05) is 0 Å². The van der Waals surface area contributed by atoms with Crippen LogP contribution in [0.25, 0.3) is 0 Å². The molecule has 0 saturated heterocycles. The van der Waals surface area contributed by atoms with Crippen molar-refractivity contribution in [1.29, 1.82) is 0 Å². The van der Waals surface area contributed by atoms with Gasteiger partial charge < -0.3 is 0 Å². The molecule has 0 nitrogen and oxygen atoms in total. The van der Waals surface area contributed by atoms with Crippen molar-refractivity contribution in [3.05, 3.63) is 0 Å². The Hall–Kier alpha value is 0.532. The lowest BCUT2D eigenvalue weighted by atomic mass is 10.0. The molecule has 0 amide bonds. The molecule has 1 atom stereocenters. The van der Waals surface area contributed by atoms with Gasteiger partial charge in [0.25, 0.3) is 0 Å². The average Bonchev–Trinajstić information content (AvgIpc) is 1.83. The lowest BCUT2D eigenvalue weighted by molar-refractivity contribution is 0.476. The second kappa shape index (κ2) is 5.33. The first-order valence-corrected chi connectivity index (χ1v) is 5.58. The highest BCUT2D eigenvalue weighted by Crippen LogP contribution is 2.13. The van der Waals surface area contributed by atoms with Crippen molar-refractivity contribution in [2.75, 3.05) is 0 Å². The Labute approximate surface area is 67.5 Å². The molecule has 0 aromatic heterocycles. The van der Waals surface area contributed by atoms with Crippen molar-refractivity contribution < 1.29 is 0 Å². The number of rotatable bonds is 4. The molecule has 0 spiro atoms. The summed E-state index contributed by atoms with van der Waals surface area (Å²) in [6.07, 6.45) is 2.87. The van der Waals surface area contributed by atoms with Gasteiger partial charge in [-0.1, -0.05) is 44.8 Å². The Kier molecular flexibility index (Phi) is 5.64. The summed E-state index contributed by atoms with van der Waals surface area (Å²) in [7, 11) is 0. The molecule has 0 heterocycles. The largest absolute Gasteiger partial charge is 0.212 e. The van der Waals surface area contributed by atoms with E-state index in [4.69, 9.17) is 0 Å². The Balaban J connectivity index is 3.06. The SMILES string of the molecule is CC(C)CCC(C)[CH2][AlH2]. The van der Waals surface area contributed by atoms with Crippen LogP contribution in [-0.4, -0.2) is 16.3 Å². The first-order chi connectivity index (χ1) is 4.16. The molecule has 0 rings (SSSR count). The van der Waals surface area contributed by atoms with Crippen LogP contribution in [0.5, 0.6) is 0 Å². The van der Waals surface area contributed by atoms with E-state index in [1.54, 1.807) is 0 Å². The summed E-state index contributed by atoms with van der Waals surface area (Å²) < 4.78 is 0. The standard InChI is InChI=1S/C8H17.Al.2H/c1-7(2)5-6-8(3)4;;;/h7-8H,1,5-6H2,2-4H3;;;. The minimum Gasteiger partial charge on any atom is -0.0987 e. The van der Waals surface area contributed by atoms with Crippen molar-refractivity contribution in [3.63, 3.8) is 0 Å². The van der Waals surface area contributed by atoms with E-state index in [2.05, 4.69) is 20.8 Å². The van der Waals surface area contributed by atoms with Crippen molar-refractivity contribution in [3.8, 4) is 0 Å². The topological polar surface area (TPSA) is 0 Å². The molecule has 0 aromatic rings. The van der Waals surface area contributed by atoms with E-state index in [0.717, 1.165) is 11.8 Å². The zero-order valence-corrected chi connectivity index (χ0v) is 9.28. The maximum absolute atomic E-state index is 2.37. The number of hydrogen-bond donors (Lipinski definition) is 0. The normalized spacial score (nSPS) is 14.2. The van der Waals surface area contributed by atoms with E-state index < -0.39 is 0 Å². The van der Waals surface area contributed by atoms with Gasteiger partial charge in [-0.2, -0.15) is 0 Å². The van der Waals surface area contributed by atoms with Gasteiger partial charge in [-0.25, -0.2) is 0 Å². The van der Waals surface area contributed by atoms with E-state index in [1.165, 1.54) is 34.4 Å². The minimum absolute atomic E-state index is 0.903. The van der Waals surface area contributed by atoms with Gasteiger partial charge in [0.1, 0.15) is 0 Å². The molecule has 9 heavy (non-hydrogen) atoms. The maximum atomic E-state index is 2.37. The molecule has 0 fully saturated rings. The zero-order valence-electron chi connectivity index (χ0n) is 7.28. The summed E-state index contributed by atoms with van der Waals surface area (Å²) in [5.74, 6) is 1.90. The van der Waals surface area contributed by atoms with Gasteiger partial charge >= 0.3 is 0 Å². The van der Waals surface area contributed by atoms with Crippen molar-refractivity contribution in [2.45, 2.75) is 38.9 Å². The third-order valence-corrected chi connectivity index (χ3v) is 3.33. The van der Waals surface area contributed by atoms with Gasteiger partial charge in [-0.15, -0.1) is 0 Å². The summed E-state index contributed by atoms with van der Waals surface area (Å²) in [5, 5.41) is 1.48. The molecule has 0 radical (unpaired) electrons. The molecule has 1 heteroatoms. The highest BCUT2D eigenvalue weighted by atomic mass is 27.0. The van der Waals surface area contributed by atoms with Crippen LogP contribution in [0.15, 0.2) is 0 Å². The Bertz CT molecular complexity index is 59.6. The fourth-order valence-electron chi connectivity index (χ4n) is 0.822. The molecular weight excluding hydrogens is 123 g/mol. The van der Waals surface area contributed by atoms with Gasteiger partial charge in [0.05, 0.1) is 0 Å². The fraction of sp³-hybridized carbons (Fsp3) is 1.00. The molecule has 0 saturated carbocycles. The molecule has 0 N–H and O–H groups in total. The third kappa shape index (κ3) is 6.42.